The van der Waals surface area contributed by atoms with Crippen molar-refractivity contribution in [3.8, 4) is 0 Å². The molecule has 0 aliphatic heterocycles. The van der Waals surface area contributed by atoms with Crippen molar-refractivity contribution in [1.82, 2.24) is 0 Å². The lowest BCUT2D eigenvalue weighted by Crippen LogP contribution is -1.92. The molecule has 0 fully saturated rings. The molecule has 0 N–H and O–H groups in total. The van der Waals surface area contributed by atoms with Gasteiger partial charge in [0.25, 0.3) is 6.43 Å². The summed E-state index contributed by atoms with van der Waals surface area (Å²) in [7, 11) is 0. The van der Waals surface area contributed by atoms with Crippen LogP contribution in [0.3, 0.4) is 0 Å². The summed E-state index contributed by atoms with van der Waals surface area (Å²) in [6.07, 6.45) is -2.49. The van der Waals surface area contributed by atoms with E-state index in [1.54, 1.807) is 26.0 Å². The molecule has 0 atom stereocenters. The molecule has 0 aromatic heterocycles. The van der Waals surface area contributed by atoms with Gasteiger partial charge in [0, 0.05) is 5.56 Å². The van der Waals surface area contributed by atoms with Gasteiger partial charge < -0.3 is 0 Å². The second-order valence-corrected chi connectivity index (χ2v) is 3.11. The van der Waals surface area contributed by atoms with Crippen molar-refractivity contribution in [2.75, 3.05) is 0 Å². The van der Waals surface area contributed by atoms with Gasteiger partial charge >= 0.3 is 0 Å². The van der Waals surface area contributed by atoms with Gasteiger partial charge in [-0.15, -0.1) is 0 Å². The first-order valence-electron chi connectivity index (χ1n) is 4.57. The number of halogens is 3. The largest absolute Gasteiger partial charge is 0.265 e. The summed E-state index contributed by atoms with van der Waals surface area (Å²) in [5.41, 5.74) is 1.19. The standard InChI is InChI=1S/C9H9ClF2.C2H6/c1-5-3-4-6(2)8(10)7(5)9(11)12;1-2/h3-4,9H,1-2H3;1-2H3. The van der Waals surface area contributed by atoms with E-state index >= 15 is 0 Å². The molecule has 80 valence electrons. The van der Waals surface area contributed by atoms with Crippen molar-refractivity contribution >= 4 is 11.6 Å². The highest BCUT2D eigenvalue weighted by Crippen LogP contribution is 2.31. The van der Waals surface area contributed by atoms with E-state index in [1.165, 1.54) is 0 Å². The lowest BCUT2D eigenvalue weighted by molar-refractivity contribution is 0.150. The summed E-state index contributed by atoms with van der Waals surface area (Å²) >= 11 is 5.71. The van der Waals surface area contributed by atoms with Crippen molar-refractivity contribution in [2.24, 2.45) is 0 Å². The fourth-order valence-corrected chi connectivity index (χ4v) is 1.36. The quantitative estimate of drug-likeness (QED) is 0.630. The molecule has 3 heteroatoms. The zero-order chi connectivity index (χ0) is 11.3. The third-order valence-corrected chi connectivity index (χ3v) is 2.31. The molecule has 0 spiro atoms. The summed E-state index contributed by atoms with van der Waals surface area (Å²) in [5.74, 6) is 0. The maximum Gasteiger partial charge on any atom is 0.265 e. The zero-order valence-electron chi connectivity index (χ0n) is 8.87. The first-order chi connectivity index (χ1) is 6.54. The Hall–Kier alpha value is -0.630. The lowest BCUT2D eigenvalue weighted by Gasteiger charge is -2.08. The van der Waals surface area contributed by atoms with Gasteiger partial charge in [0.2, 0.25) is 0 Å². The fourth-order valence-electron chi connectivity index (χ4n) is 1.07. The number of aryl methyl sites for hydroxylation is 2. The smallest absolute Gasteiger partial charge is 0.205 e. The molecule has 0 heterocycles. The highest BCUT2D eigenvalue weighted by Gasteiger charge is 2.15. The van der Waals surface area contributed by atoms with Gasteiger partial charge in [-0.25, -0.2) is 8.78 Å². The molecule has 0 unspecified atom stereocenters. The molecule has 1 aromatic carbocycles. The summed E-state index contributed by atoms with van der Waals surface area (Å²) in [6, 6.07) is 3.40. The second-order valence-electron chi connectivity index (χ2n) is 2.73. The molecule has 0 amide bonds. The third kappa shape index (κ3) is 2.95. The van der Waals surface area contributed by atoms with E-state index in [0.29, 0.717) is 11.1 Å². The Labute approximate surface area is 88.9 Å². The molecule has 0 saturated heterocycles. The van der Waals surface area contributed by atoms with E-state index in [2.05, 4.69) is 0 Å². The molecule has 0 aliphatic rings. The molecule has 0 radical (unpaired) electrons. The highest BCUT2D eigenvalue weighted by atomic mass is 35.5. The van der Waals surface area contributed by atoms with E-state index in [1.807, 2.05) is 13.8 Å². The van der Waals surface area contributed by atoms with Crippen molar-refractivity contribution in [3.63, 3.8) is 0 Å². The van der Waals surface area contributed by atoms with Crippen molar-refractivity contribution in [1.29, 1.82) is 0 Å². The zero-order valence-corrected chi connectivity index (χ0v) is 9.62. The average Bonchev–Trinajstić information content (AvgIpc) is 2.15. The van der Waals surface area contributed by atoms with Crippen LogP contribution in [-0.4, -0.2) is 0 Å². The Bertz CT molecular complexity index is 296. The molecule has 1 aromatic rings. The monoisotopic (exact) mass is 220 g/mol. The van der Waals surface area contributed by atoms with Gasteiger partial charge in [0.15, 0.2) is 0 Å². The maximum atomic E-state index is 12.4. The van der Waals surface area contributed by atoms with Crippen molar-refractivity contribution in [2.45, 2.75) is 34.1 Å². The van der Waals surface area contributed by atoms with Crippen LogP contribution in [0.25, 0.3) is 0 Å². The topological polar surface area (TPSA) is 0 Å². The predicted octanol–water partition coefficient (Wildman–Crippen LogP) is 4.92. The normalized spacial score (nSPS) is 9.71. The first kappa shape index (κ1) is 13.4. The molecule has 0 nitrogen and oxygen atoms in total. The van der Waals surface area contributed by atoms with E-state index in [4.69, 9.17) is 11.6 Å². The van der Waals surface area contributed by atoms with Crippen molar-refractivity contribution in [3.05, 3.63) is 33.8 Å². The average molecular weight is 221 g/mol. The van der Waals surface area contributed by atoms with Gasteiger partial charge in [-0.3, -0.25) is 0 Å². The maximum absolute atomic E-state index is 12.4. The van der Waals surface area contributed by atoms with Crippen LogP contribution >= 0.6 is 11.6 Å². The van der Waals surface area contributed by atoms with Crippen LogP contribution in [0.5, 0.6) is 0 Å². The van der Waals surface area contributed by atoms with Crippen LogP contribution in [0.1, 0.15) is 37.0 Å². The van der Waals surface area contributed by atoms with Crippen LogP contribution in [0.4, 0.5) is 8.78 Å². The number of alkyl halides is 2. The molecule has 1 rings (SSSR count). The van der Waals surface area contributed by atoms with E-state index in [-0.39, 0.29) is 10.6 Å². The fraction of sp³-hybridized carbons (Fsp3) is 0.455. The Balaban J connectivity index is 0.000000791. The van der Waals surface area contributed by atoms with E-state index in [0.717, 1.165) is 0 Å². The van der Waals surface area contributed by atoms with Gasteiger partial charge in [-0.2, -0.15) is 0 Å². The number of benzene rings is 1. The molecular weight excluding hydrogens is 206 g/mol. The van der Waals surface area contributed by atoms with Crippen LogP contribution in [0.2, 0.25) is 5.02 Å². The van der Waals surface area contributed by atoms with Crippen molar-refractivity contribution < 1.29 is 8.78 Å². The Morgan fingerprint density at radius 1 is 1.07 bits per heavy atom. The summed E-state index contributed by atoms with van der Waals surface area (Å²) in [4.78, 5) is 0. The van der Waals surface area contributed by atoms with Crippen LogP contribution < -0.4 is 0 Å². The van der Waals surface area contributed by atoms with Gasteiger partial charge in [-0.05, 0) is 25.0 Å². The molecule has 14 heavy (non-hydrogen) atoms. The van der Waals surface area contributed by atoms with Crippen LogP contribution in [0.15, 0.2) is 12.1 Å². The summed E-state index contributed by atoms with van der Waals surface area (Å²) in [5, 5.41) is 0.185. The minimum atomic E-state index is -2.49. The van der Waals surface area contributed by atoms with Crippen LogP contribution in [0, 0.1) is 13.8 Å². The Kier molecular flexibility index (Phi) is 5.70. The van der Waals surface area contributed by atoms with Gasteiger partial charge in [0.05, 0.1) is 5.02 Å². The third-order valence-electron chi connectivity index (χ3n) is 1.81. The first-order valence-corrected chi connectivity index (χ1v) is 4.95. The Morgan fingerprint density at radius 2 is 1.50 bits per heavy atom. The number of rotatable bonds is 1. The summed E-state index contributed by atoms with van der Waals surface area (Å²) < 4.78 is 24.8. The Morgan fingerprint density at radius 3 is 1.86 bits per heavy atom. The predicted molar refractivity (Wildman–Crippen MR) is 57.2 cm³/mol. The number of hydrogen-bond donors (Lipinski definition) is 0. The molecule has 0 aliphatic carbocycles. The number of hydrogen-bond acceptors (Lipinski definition) is 0. The van der Waals surface area contributed by atoms with Crippen LogP contribution in [-0.2, 0) is 0 Å². The molecular formula is C11H15ClF2. The molecule has 0 saturated carbocycles. The molecule has 0 bridgehead atoms. The summed E-state index contributed by atoms with van der Waals surface area (Å²) in [6.45, 7) is 7.35. The minimum absolute atomic E-state index is 0.0448. The minimum Gasteiger partial charge on any atom is -0.205 e. The van der Waals surface area contributed by atoms with E-state index in [9.17, 15) is 8.78 Å². The van der Waals surface area contributed by atoms with Gasteiger partial charge in [-0.1, -0.05) is 37.6 Å². The van der Waals surface area contributed by atoms with E-state index < -0.39 is 6.43 Å². The second kappa shape index (κ2) is 5.97. The highest BCUT2D eigenvalue weighted by molar-refractivity contribution is 6.32. The lowest BCUT2D eigenvalue weighted by atomic mass is 10.1. The van der Waals surface area contributed by atoms with Gasteiger partial charge in [0.1, 0.15) is 0 Å². The SMILES string of the molecule is CC.Cc1ccc(C)c(C(F)F)c1Cl.